The molecule has 1 aromatic rings. The zero-order chi connectivity index (χ0) is 9.68. The third kappa shape index (κ3) is 2.93. The predicted molar refractivity (Wildman–Crippen MR) is 56.7 cm³/mol. The van der Waals surface area contributed by atoms with Crippen LogP contribution in [0.5, 0.6) is 0 Å². The van der Waals surface area contributed by atoms with E-state index in [-0.39, 0.29) is 0 Å². The fourth-order valence-corrected chi connectivity index (χ4v) is 1.54. The molecule has 0 fully saturated rings. The van der Waals surface area contributed by atoms with Crippen molar-refractivity contribution in [3.05, 3.63) is 17.0 Å². The Morgan fingerprint density at radius 1 is 1.62 bits per heavy atom. The van der Waals surface area contributed by atoms with Crippen LogP contribution in [-0.4, -0.2) is 30.1 Å². The van der Waals surface area contributed by atoms with Crippen LogP contribution in [0.3, 0.4) is 0 Å². The summed E-state index contributed by atoms with van der Waals surface area (Å²) in [6, 6.07) is 0. The largest absolute Gasteiger partial charge is 0.359 e. The summed E-state index contributed by atoms with van der Waals surface area (Å²) < 4.78 is 0.912. The first-order chi connectivity index (χ1) is 6.25. The lowest BCUT2D eigenvalue weighted by atomic mass is 10.4. The van der Waals surface area contributed by atoms with Gasteiger partial charge in [-0.1, -0.05) is 0 Å². The maximum atomic E-state index is 5.42. The van der Waals surface area contributed by atoms with Crippen LogP contribution < -0.4 is 10.6 Å². The van der Waals surface area contributed by atoms with E-state index >= 15 is 0 Å². The van der Waals surface area contributed by atoms with Gasteiger partial charge in [0.15, 0.2) is 0 Å². The molecule has 0 unspecified atom stereocenters. The van der Waals surface area contributed by atoms with Crippen molar-refractivity contribution in [1.29, 1.82) is 0 Å². The van der Waals surface area contributed by atoms with Crippen molar-refractivity contribution in [2.24, 2.45) is 5.73 Å². The maximum Gasteiger partial charge on any atom is 0.146 e. The van der Waals surface area contributed by atoms with Crippen LogP contribution in [0.15, 0.2) is 17.0 Å². The highest BCUT2D eigenvalue weighted by Crippen LogP contribution is 2.20. The molecule has 0 saturated carbocycles. The molecular formula is C8H13BrN4. The van der Waals surface area contributed by atoms with E-state index in [1.807, 2.05) is 7.05 Å². The molecule has 0 aliphatic carbocycles. The van der Waals surface area contributed by atoms with E-state index in [0.29, 0.717) is 6.54 Å². The minimum absolute atomic E-state index is 0.701. The van der Waals surface area contributed by atoms with Crippen molar-refractivity contribution in [2.45, 2.75) is 6.42 Å². The summed E-state index contributed by atoms with van der Waals surface area (Å²) in [7, 11) is 1.99. The van der Waals surface area contributed by atoms with Gasteiger partial charge < -0.3 is 10.6 Å². The molecule has 72 valence electrons. The third-order valence-electron chi connectivity index (χ3n) is 1.71. The zero-order valence-corrected chi connectivity index (χ0v) is 9.16. The van der Waals surface area contributed by atoms with Gasteiger partial charge in [-0.2, -0.15) is 0 Å². The van der Waals surface area contributed by atoms with Gasteiger partial charge in [0.05, 0.1) is 4.47 Å². The zero-order valence-electron chi connectivity index (χ0n) is 7.57. The lowest BCUT2D eigenvalue weighted by molar-refractivity contribution is 0.783. The summed E-state index contributed by atoms with van der Waals surface area (Å²) in [5.74, 6) is 0.906. The van der Waals surface area contributed by atoms with Crippen LogP contribution in [0.2, 0.25) is 0 Å². The number of aromatic nitrogens is 2. The molecular weight excluding hydrogens is 232 g/mol. The second-order valence-electron chi connectivity index (χ2n) is 2.76. The lowest BCUT2D eigenvalue weighted by Gasteiger charge is -2.18. The highest BCUT2D eigenvalue weighted by atomic mass is 79.9. The number of hydrogen-bond acceptors (Lipinski definition) is 4. The van der Waals surface area contributed by atoms with E-state index in [9.17, 15) is 0 Å². The van der Waals surface area contributed by atoms with Crippen molar-refractivity contribution >= 4 is 21.7 Å². The summed E-state index contributed by atoms with van der Waals surface area (Å²) in [4.78, 5) is 10.1. The summed E-state index contributed by atoms with van der Waals surface area (Å²) in [6.07, 6.45) is 4.24. The number of anilines is 1. The number of nitrogens with two attached hydrogens (primary N) is 1. The van der Waals surface area contributed by atoms with Crippen LogP contribution in [0, 0.1) is 0 Å². The van der Waals surface area contributed by atoms with Gasteiger partial charge in [0.25, 0.3) is 0 Å². The van der Waals surface area contributed by atoms with Crippen molar-refractivity contribution < 1.29 is 0 Å². The SMILES string of the molecule is CN(CCCN)c1ncncc1Br. The van der Waals surface area contributed by atoms with Crippen LogP contribution in [0.25, 0.3) is 0 Å². The molecule has 1 aromatic heterocycles. The normalized spacial score (nSPS) is 10.1. The maximum absolute atomic E-state index is 5.42. The quantitative estimate of drug-likeness (QED) is 0.860. The van der Waals surface area contributed by atoms with E-state index in [2.05, 4.69) is 30.8 Å². The number of rotatable bonds is 4. The highest BCUT2D eigenvalue weighted by Gasteiger charge is 2.05. The number of halogens is 1. The first-order valence-corrected chi connectivity index (χ1v) is 4.91. The second-order valence-corrected chi connectivity index (χ2v) is 3.61. The van der Waals surface area contributed by atoms with E-state index in [4.69, 9.17) is 5.73 Å². The monoisotopic (exact) mass is 244 g/mol. The van der Waals surface area contributed by atoms with E-state index < -0.39 is 0 Å². The van der Waals surface area contributed by atoms with Gasteiger partial charge in [0, 0.05) is 19.8 Å². The van der Waals surface area contributed by atoms with E-state index in [0.717, 1.165) is 23.3 Å². The molecule has 1 heterocycles. The molecule has 4 nitrogen and oxygen atoms in total. The summed E-state index contributed by atoms with van der Waals surface area (Å²) in [5.41, 5.74) is 5.42. The van der Waals surface area contributed by atoms with Gasteiger partial charge in [0.2, 0.25) is 0 Å². The molecule has 1 rings (SSSR count). The van der Waals surface area contributed by atoms with Gasteiger partial charge in [-0.05, 0) is 28.9 Å². The van der Waals surface area contributed by atoms with Crippen LogP contribution in [0.4, 0.5) is 5.82 Å². The first-order valence-electron chi connectivity index (χ1n) is 4.12. The molecule has 0 bridgehead atoms. The van der Waals surface area contributed by atoms with Crippen LogP contribution in [0.1, 0.15) is 6.42 Å². The topological polar surface area (TPSA) is 55.0 Å². The molecule has 0 saturated heterocycles. The van der Waals surface area contributed by atoms with Crippen molar-refractivity contribution in [3.8, 4) is 0 Å². The Hall–Kier alpha value is -0.680. The molecule has 0 atom stereocenters. The Balaban J connectivity index is 2.65. The molecule has 5 heteroatoms. The molecule has 0 aliphatic rings. The van der Waals surface area contributed by atoms with Crippen molar-refractivity contribution in [1.82, 2.24) is 9.97 Å². The molecule has 0 spiro atoms. The van der Waals surface area contributed by atoms with Crippen molar-refractivity contribution in [3.63, 3.8) is 0 Å². The lowest BCUT2D eigenvalue weighted by Crippen LogP contribution is -2.22. The average Bonchev–Trinajstić information content (AvgIpc) is 2.15. The Bertz CT molecular complexity index is 266. The molecule has 0 radical (unpaired) electrons. The molecule has 0 amide bonds. The highest BCUT2D eigenvalue weighted by molar-refractivity contribution is 9.10. The predicted octanol–water partition coefficient (Wildman–Crippen LogP) is 1.02. The van der Waals surface area contributed by atoms with Gasteiger partial charge in [-0.15, -0.1) is 0 Å². The Morgan fingerprint density at radius 3 is 3.00 bits per heavy atom. The van der Waals surface area contributed by atoms with Gasteiger partial charge in [0.1, 0.15) is 12.1 Å². The number of nitrogens with zero attached hydrogens (tertiary/aromatic N) is 3. The van der Waals surface area contributed by atoms with E-state index in [1.165, 1.54) is 0 Å². The fraction of sp³-hybridized carbons (Fsp3) is 0.500. The Kier molecular flexibility index (Phi) is 4.11. The Labute approximate surface area is 86.3 Å². The summed E-state index contributed by atoms with van der Waals surface area (Å²) in [6.45, 7) is 1.61. The third-order valence-corrected chi connectivity index (χ3v) is 2.27. The minimum Gasteiger partial charge on any atom is -0.359 e. The van der Waals surface area contributed by atoms with Gasteiger partial charge >= 0.3 is 0 Å². The average molecular weight is 245 g/mol. The van der Waals surface area contributed by atoms with Crippen LogP contribution in [-0.2, 0) is 0 Å². The standard InChI is InChI=1S/C8H13BrN4/c1-13(4-2-3-10)8-7(9)5-11-6-12-8/h5-6H,2-4,10H2,1H3. The fourth-order valence-electron chi connectivity index (χ4n) is 1.02. The van der Waals surface area contributed by atoms with E-state index in [1.54, 1.807) is 12.5 Å². The van der Waals surface area contributed by atoms with Crippen LogP contribution >= 0.6 is 15.9 Å². The summed E-state index contributed by atoms with van der Waals surface area (Å²) in [5, 5.41) is 0. The molecule has 13 heavy (non-hydrogen) atoms. The first kappa shape index (κ1) is 10.4. The summed E-state index contributed by atoms with van der Waals surface area (Å²) >= 11 is 3.39. The van der Waals surface area contributed by atoms with Gasteiger partial charge in [-0.3, -0.25) is 0 Å². The Morgan fingerprint density at radius 2 is 2.38 bits per heavy atom. The molecule has 0 aliphatic heterocycles. The second kappa shape index (κ2) is 5.14. The smallest absolute Gasteiger partial charge is 0.146 e. The van der Waals surface area contributed by atoms with Crippen molar-refractivity contribution in [2.75, 3.05) is 25.0 Å². The minimum atomic E-state index is 0.701. The number of hydrogen-bond donors (Lipinski definition) is 1. The van der Waals surface area contributed by atoms with Gasteiger partial charge in [-0.25, -0.2) is 9.97 Å². The molecule has 0 aromatic carbocycles. The molecule has 2 N–H and O–H groups in total.